The minimum Gasteiger partial charge on any atom is -0.478 e. The maximum Gasteiger partial charge on any atom is 0.338 e. The summed E-state index contributed by atoms with van der Waals surface area (Å²) in [6.07, 6.45) is 2.66. The van der Waals surface area contributed by atoms with E-state index < -0.39 is 5.97 Å². The van der Waals surface area contributed by atoms with Crippen LogP contribution in [0.2, 0.25) is 0 Å². The monoisotopic (exact) mass is 421 g/mol. The van der Waals surface area contributed by atoms with Crippen LogP contribution in [-0.4, -0.2) is 22.1 Å². The Morgan fingerprint density at radius 3 is 2.50 bits per heavy atom. The summed E-state index contributed by atoms with van der Waals surface area (Å²) in [6, 6.07) is 19.6. The molecule has 0 saturated heterocycles. The number of nitrogens with zero attached hydrogens (tertiary/aromatic N) is 1. The molecule has 6 heteroatoms. The number of nitrogens with one attached hydrogen (secondary N) is 2. The van der Waals surface area contributed by atoms with Gasteiger partial charge in [0.05, 0.1) is 5.56 Å². The van der Waals surface area contributed by atoms with Crippen molar-refractivity contribution in [1.29, 1.82) is 0 Å². The smallest absolute Gasteiger partial charge is 0.338 e. The van der Waals surface area contributed by atoms with Crippen LogP contribution < -0.4 is 10.6 Å². The first kappa shape index (κ1) is 21.7. The largest absolute Gasteiger partial charge is 0.478 e. The van der Waals surface area contributed by atoms with Crippen molar-refractivity contribution in [2.75, 3.05) is 10.6 Å². The third kappa shape index (κ3) is 6.00. The lowest BCUT2D eigenvalue weighted by Crippen LogP contribution is -2.18. The molecular weight excluding hydrogens is 394 g/mol. The van der Waals surface area contributed by atoms with Crippen LogP contribution in [0.3, 0.4) is 0 Å². The first-order valence-corrected chi connectivity index (χ1v) is 10.8. The van der Waals surface area contributed by atoms with Crippen LogP contribution in [0.4, 0.5) is 17.1 Å². The molecule has 1 unspecified atom stereocenters. The number of para-hydroxylation sites is 1. The highest BCUT2D eigenvalue weighted by atomic mass is 32.2. The van der Waals surface area contributed by atoms with Gasteiger partial charge >= 0.3 is 5.97 Å². The van der Waals surface area contributed by atoms with Gasteiger partial charge in [0, 0.05) is 34.2 Å². The van der Waals surface area contributed by atoms with Crippen molar-refractivity contribution in [1.82, 2.24) is 4.98 Å². The fourth-order valence-electron chi connectivity index (χ4n) is 3.26. The molecule has 1 aromatic heterocycles. The topological polar surface area (TPSA) is 74.2 Å². The second kappa shape index (κ2) is 10.2. The molecule has 3 N–H and O–H groups in total. The lowest BCUT2D eigenvalue weighted by atomic mass is 10.1. The quantitative estimate of drug-likeness (QED) is 0.365. The van der Waals surface area contributed by atoms with E-state index in [9.17, 15) is 9.90 Å². The van der Waals surface area contributed by atoms with Crippen LogP contribution >= 0.6 is 11.8 Å². The Balaban J connectivity index is 1.93. The van der Waals surface area contributed by atoms with E-state index in [2.05, 4.69) is 36.4 Å². The predicted octanol–water partition coefficient (Wildman–Crippen LogP) is 6.52. The van der Waals surface area contributed by atoms with Crippen molar-refractivity contribution in [3.05, 3.63) is 72.4 Å². The Kier molecular flexibility index (Phi) is 7.36. The van der Waals surface area contributed by atoms with E-state index in [1.165, 1.54) is 11.8 Å². The lowest BCUT2D eigenvalue weighted by Gasteiger charge is -2.20. The van der Waals surface area contributed by atoms with Crippen molar-refractivity contribution in [3.63, 3.8) is 0 Å². The molecular formula is C24H27N3O2S. The normalized spacial score (nSPS) is 11.9. The molecule has 156 valence electrons. The van der Waals surface area contributed by atoms with Crippen LogP contribution in [0, 0.1) is 5.92 Å². The molecule has 0 radical (unpaired) electrons. The van der Waals surface area contributed by atoms with E-state index in [1.807, 2.05) is 48.5 Å². The number of aromatic nitrogens is 1. The number of aromatic carboxylic acids is 1. The highest BCUT2D eigenvalue weighted by molar-refractivity contribution is 7.99. The van der Waals surface area contributed by atoms with Gasteiger partial charge in [-0.05, 0) is 61.7 Å². The van der Waals surface area contributed by atoms with E-state index >= 15 is 0 Å². The van der Waals surface area contributed by atoms with Crippen molar-refractivity contribution in [2.24, 2.45) is 5.92 Å². The van der Waals surface area contributed by atoms with Gasteiger partial charge in [-0.25, -0.2) is 9.78 Å². The Hall–Kier alpha value is -2.99. The van der Waals surface area contributed by atoms with Gasteiger partial charge in [-0.2, -0.15) is 0 Å². The Morgan fingerprint density at radius 1 is 1.03 bits per heavy atom. The van der Waals surface area contributed by atoms with E-state index in [0.717, 1.165) is 28.4 Å². The third-order valence-electron chi connectivity index (χ3n) is 4.48. The molecule has 0 aliphatic carbocycles. The zero-order chi connectivity index (χ0) is 21.5. The molecule has 0 aliphatic rings. The molecule has 0 bridgehead atoms. The molecule has 1 atom stereocenters. The first-order valence-electron chi connectivity index (χ1n) is 10.0. The van der Waals surface area contributed by atoms with Crippen molar-refractivity contribution < 1.29 is 9.90 Å². The molecule has 0 amide bonds. The Labute approximate surface area is 181 Å². The van der Waals surface area contributed by atoms with Gasteiger partial charge in [0.25, 0.3) is 0 Å². The number of hydrogen-bond acceptors (Lipinski definition) is 5. The highest BCUT2D eigenvalue weighted by Gasteiger charge is 2.16. The average molecular weight is 422 g/mol. The summed E-state index contributed by atoms with van der Waals surface area (Å²) in [5, 5.41) is 17.0. The van der Waals surface area contributed by atoms with Gasteiger partial charge in [0.1, 0.15) is 5.03 Å². The molecule has 3 rings (SSSR count). The minimum atomic E-state index is -0.980. The summed E-state index contributed by atoms with van der Waals surface area (Å²) in [5.41, 5.74) is 3.09. The van der Waals surface area contributed by atoms with Gasteiger partial charge in [-0.15, -0.1) is 0 Å². The van der Waals surface area contributed by atoms with Gasteiger partial charge in [0.15, 0.2) is 0 Å². The molecule has 1 heterocycles. The van der Waals surface area contributed by atoms with E-state index in [1.54, 1.807) is 18.3 Å². The van der Waals surface area contributed by atoms with E-state index in [-0.39, 0.29) is 5.56 Å². The maximum absolute atomic E-state index is 11.6. The number of rotatable bonds is 9. The van der Waals surface area contributed by atoms with Crippen LogP contribution in [-0.2, 0) is 0 Å². The zero-order valence-corrected chi connectivity index (χ0v) is 18.2. The molecule has 0 spiro atoms. The van der Waals surface area contributed by atoms with Gasteiger partial charge in [-0.1, -0.05) is 43.8 Å². The number of carboxylic acid groups (broad SMARTS) is 1. The SMILES string of the molecule is CC(C)CC(C)Nc1ccc(Nc2ccccc2)cc1Sc1ncccc1C(=O)O. The molecule has 2 aromatic carbocycles. The lowest BCUT2D eigenvalue weighted by molar-refractivity contribution is 0.0692. The molecule has 30 heavy (non-hydrogen) atoms. The van der Waals surface area contributed by atoms with Crippen LogP contribution in [0.1, 0.15) is 37.6 Å². The van der Waals surface area contributed by atoms with E-state index in [4.69, 9.17) is 0 Å². The number of carboxylic acids is 1. The van der Waals surface area contributed by atoms with E-state index in [0.29, 0.717) is 17.0 Å². The zero-order valence-electron chi connectivity index (χ0n) is 17.4. The van der Waals surface area contributed by atoms with Crippen molar-refractivity contribution >= 4 is 34.8 Å². The number of pyridine rings is 1. The Bertz CT molecular complexity index is 993. The predicted molar refractivity (Wildman–Crippen MR) is 124 cm³/mol. The molecule has 5 nitrogen and oxygen atoms in total. The van der Waals surface area contributed by atoms with Crippen LogP contribution in [0.15, 0.2) is 76.8 Å². The number of anilines is 3. The third-order valence-corrected chi connectivity index (χ3v) is 5.56. The molecule has 0 fully saturated rings. The summed E-state index contributed by atoms with van der Waals surface area (Å²) in [4.78, 5) is 16.9. The van der Waals surface area contributed by atoms with Gasteiger partial charge < -0.3 is 15.7 Å². The van der Waals surface area contributed by atoms with Gasteiger partial charge in [0.2, 0.25) is 0 Å². The standard InChI is InChI=1S/C24H27N3O2S/c1-16(2)14-17(3)26-21-12-11-19(27-18-8-5-4-6-9-18)15-22(21)30-23-20(24(28)29)10-7-13-25-23/h4-13,15-17,26-27H,14H2,1-3H3,(H,28,29). The van der Waals surface area contributed by atoms with Crippen molar-refractivity contribution in [2.45, 2.75) is 43.2 Å². The number of hydrogen-bond donors (Lipinski definition) is 3. The molecule has 3 aromatic rings. The van der Waals surface area contributed by atoms with Crippen LogP contribution in [0.5, 0.6) is 0 Å². The second-order valence-corrected chi connectivity index (χ2v) is 8.67. The van der Waals surface area contributed by atoms with Crippen LogP contribution in [0.25, 0.3) is 0 Å². The second-order valence-electron chi connectivity index (χ2n) is 7.64. The summed E-state index contributed by atoms with van der Waals surface area (Å²) < 4.78 is 0. The number of benzene rings is 2. The fraction of sp³-hybridized carbons (Fsp3) is 0.250. The summed E-state index contributed by atoms with van der Waals surface area (Å²) in [5.74, 6) is -0.399. The minimum absolute atomic E-state index is 0.199. The maximum atomic E-state index is 11.6. The summed E-state index contributed by atoms with van der Waals surface area (Å²) in [7, 11) is 0. The number of carbonyl (C=O) groups is 1. The first-order chi connectivity index (χ1) is 14.4. The summed E-state index contributed by atoms with van der Waals surface area (Å²) >= 11 is 1.36. The molecule has 0 aliphatic heterocycles. The molecule has 0 saturated carbocycles. The summed E-state index contributed by atoms with van der Waals surface area (Å²) in [6.45, 7) is 6.56. The Morgan fingerprint density at radius 2 is 1.80 bits per heavy atom. The van der Waals surface area contributed by atoms with Crippen molar-refractivity contribution in [3.8, 4) is 0 Å². The fourth-order valence-corrected chi connectivity index (χ4v) is 4.27. The average Bonchev–Trinajstić information content (AvgIpc) is 2.70. The van der Waals surface area contributed by atoms with Gasteiger partial charge in [-0.3, -0.25) is 0 Å². The highest BCUT2D eigenvalue weighted by Crippen LogP contribution is 2.37.